The van der Waals surface area contributed by atoms with E-state index in [4.69, 9.17) is 4.42 Å². The van der Waals surface area contributed by atoms with Crippen LogP contribution in [0.5, 0.6) is 0 Å². The van der Waals surface area contributed by atoms with Crippen LogP contribution in [0.4, 0.5) is 0 Å². The van der Waals surface area contributed by atoms with Gasteiger partial charge in [-0.05, 0) is 18.6 Å². The van der Waals surface area contributed by atoms with Crippen molar-refractivity contribution in [3.63, 3.8) is 0 Å². The number of hydrogen-bond donors (Lipinski definition) is 1. The molecule has 1 amide bonds. The van der Waals surface area contributed by atoms with E-state index in [0.29, 0.717) is 6.42 Å². The van der Waals surface area contributed by atoms with Crippen molar-refractivity contribution in [3.05, 3.63) is 42.1 Å². The molecule has 1 atom stereocenters. The molecule has 0 bridgehead atoms. The summed E-state index contributed by atoms with van der Waals surface area (Å²) in [5, 5.41) is 6.73. The van der Waals surface area contributed by atoms with Crippen molar-refractivity contribution >= 4 is 11.7 Å². The Morgan fingerprint density at radius 2 is 2.32 bits per heavy atom. The minimum atomic E-state index is -0.675. The Morgan fingerprint density at radius 3 is 2.84 bits per heavy atom. The maximum atomic E-state index is 11.8. The second kappa shape index (κ2) is 5.51. The molecule has 0 aliphatic carbocycles. The third-order valence-corrected chi connectivity index (χ3v) is 2.79. The SMILES string of the molecule is CC[C@@H](NC(=O)C(=O)c1ccco1)c1cnn(C)c1. The van der Waals surface area contributed by atoms with Crippen LogP contribution in [0, 0.1) is 0 Å². The zero-order valence-electron chi connectivity index (χ0n) is 10.8. The molecule has 0 radical (unpaired) electrons. The summed E-state index contributed by atoms with van der Waals surface area (Å²) >= 11 is 0. The van der Waals surface area contributed by atoms with Crippen molar-refractivity contribution in [1.82, 2.24) is 15.1 Å². The van der Waals surface area contributed by atoms with Gasteiger partial charge in [-0.15, -0.1) is 0 Å². The summed E-state index contributed by atoms with van der Waals surface area (Å²) in [5.74, 6) is -1.31. The molecule has 2 heterocycles. The zero-order valence-corrected chi connectivity index (χ0v) is 10.8. The van der Waals surface area contributed by atoms with Gasteiger partial charge in [0.05, 0.1) is 18.5 Å². The van der Waals surface area contributed by atoms with Gasteiger partial charge >= 0.3 is 0 Å². The number of carbonyl (C=O) groups is 2. The van der Waals surface area contributed by atoms with Gasteiger partial charge in [0.25, 0.3) is 11.7 Å². The van der Waals surface area contributed by atoms with Crippen molar-refractivity contribution in [2.75, 3.05) is 0 Å². The maximum absolute atomic E-state index is 11.8. The number of ketones is 1. The molecule has 19 heavy (non-hydrogen) atoms. The molecular weight excluding hydrogens is 246 g/mol. The summed E-state index contributed by atoms with van der Waals surface area (Å²) in [7, 11) is 1.80. The Balaban J connectivity index is 2.06. The van der Waals surface area contributed by atoms with Crippen LogP contribution in [0.25, 0.3) is 0 Å². The van der Waals surface area contributed by atoms with E-state index in [2.05, 4.69) is 10.4 Å². The van der Waals surface area contributed by atoms with E-state index in [1.165, 1.54) is 12.3 Å². The van der Waals surface area contributed by atoms with Crippen LogP contribution in [-0.2, 0) is 11.8 Å². The van der Waals surface area contributed by atoms with Crippen molar-refractivity contribution in [2.45, 2.75) is 19.4 Å². The monoisotopic (exact) mass is 261 g/mol. The van der Waals surface area contributed by atoms with Gasteiger partial charge in [-0.1, -0.05) is 6.92 Å². The van der Waals surface area contributed by atoms with E-state index in [1.807, 2.05) is 13.1 Å². The normalized spacial score (nSPS) is 12.1. The Labute approximate surface area is 110 Å². The van der Waals surface area contributed by atoms with Gasteiger partial charge in [0.1, 0.15) is 0 Å². The molecule has 6 heteroatoms. The molecule has 100 valence electrons. The quantitative estimate of drug-likeness (QED) is 0.653. The van der Waals surface area contributed by atoms with E-state index < -0.39 is 11.7 Å². The van der Waals surface area contributed by atoms with E-state index >= 15 is 0 Å². The maximum Gasteiger partial charge on any atom is 0.296 e. The number of carbonyl (C=O) groups excluding carboxylic acids is 2. The van der Waals surface area contributed by atoms with Crippen LogP contribution in [0.2, 0.25) is 0 Å². The van der Waals surface area contributed by atoms with Crippen LogP contribution in [-0.4, -0.2) is 21.5 Å². The number of rotatable bonds is 5. The highest BCUT2D eigenvalue weighted by atomic mass is 16.3. The predicted molar refractivity (Wildman–Crippen MR) is 67.4 cm³/mol. The number of hydrogen-bond acceptors (Lipinski definition) is 4. The van der Waals surface area contributed by atoms with Crippen molar-refractivity contribution in [1.29, 1.82) is 0 Å². The van der Waals surface area contributed by atoms with Crippen molar-refractivity contribution in [2.24, 2.45) is 7.05 Å². The fourth-order valence-corrected chi connectivity index (χ4v) is 1.78. The van der Waals surface area contributed by atoms with Crippen molar-refractivity contribution in [3.8, 4) is 0 Å². The van der Waals surface area contributed by atoms with Gasteiger partial charge in [0.2, 0.25) is 0 Å². The van der Waals surface area contributed by atoms with Crippen molar-refractivity contribution < 1.29 is 14.0 Å². The third-order valence-electron chi connectivity index (χ3n) is 2.79. The molecule has 0 spiro atoms. The second-order valence-corrected chi connectivity index (χ2v) is 4.19. The topological polar surface area (TPSA) is 77.1 Å². The molecule has 6 nitrogen and oxygen atoms in total. The summed E-state index contributed by atoms with van der Waals surface area (Å²) in [4.78, 5) is 23.6. The number of Topliss-reactive ketones (excluding diaryl/α,β-unsaturated/α-hetero) is 1. The first-order valence-electron chi connectivity index (χ1n) is 5.99. The molecule has 0 saturated carbocycles. The lowest BCUT2D eigenvalue weighted by Crippen LogP contribution is -2.33. The van der Waals surface area contributed by atoms with E-state index in [0.717, 1.165) is 5.56 Å². The van der Waals surface area contributed by atoms with E-state index in [1.54, 1.807) is 24.0 Å². The average Bonchev–Trinajstić information content (AvgIpc) is 3.05. The molecule has 0 saturated heterocycles. The lowest BCUT2D eigenvalue weighted by molar-refractivity contribution is -0.117. The number of furan rings is 1. The lowest BCUT2D eigenvalue weighted by Gasteiger charge is -2.14. The number of nitrogens with one attached hydrogen (secondary N) is 1. The molecule has 0 aromatic carbocycles. The smallest absolute Gasteiger partial charge is 0.296 e. The molecule has 0 fully saturated rings. The highest BCUT2D eigenvalue weighted by Gasteiger charge is 2.22. The fourth-order valence-electron chi connectivity index (χ4n) is 1.78. The number of aryl methyl sites for hydroxylation is 1. The molecule has 2 aromatic heterocycles. The third kappa shape index (κ3) is 2.90. The minimum Gasteiger partial charge on any atom is -0.461 e. The first-order chi connectivity index (χ1) is 9.11. The summed E-state index contributed by atoms with van der Waals surface area (Å²) in [5.41, 5.74) is 0.866. The Morgan fingerprint density at radius 1 is 1.53 bits per heavy atom. The summed E-state index contributed by atoms with van der Waals surface area (Å²) in [6.07, 6.45) is 5.51. The second-order valence-electron chi connectivity index (χ2n) is 4.19. The van der Waals surface area contributed by atoms with Gasteiger partial charge in [-0.25, -0.2) is 0 Å². The van der Waals surface area contributed by atoms with E-state index in [-0.39, 0.29) is 11.8 Å². The molecule has 0 unspecified atom stereocenters. The van der Waals surface area contributed by atoms with E-state index in [9.17, 15) is 9.59 Å². The Kier molecular flexibility index (Phi) is 3.79. The van der Waals surface area contributed by atoms with Crippen LogP contribution in [0.1, 0.15) is 35.5 Å². The number of amides is 1. The fraction of sp³-hybridized carbons (Fsp3) is 0.308. The summed E-state index contributed by atoms with van der Waals surface area (Å²) < 4.78 is 6.57. The van der Waals surface area contributed by atoms with Crippen LogP contribution >= 0.6 is 0 Å². The molecular formula is C13H15N3O3. The Hall–Kier alpha value is -2.37. The van der Waals surface area contributed by atoms with Gasteiger partial charge in [-0.2, -0.15) is 5.10 Å². The molecule has 0 aliphatic rings. The first kappa shape index (κ1) is 13.1. The standard InChI is InChI=1S/C13H15N3O3/c1-3-10(9-7-14-16(2)8-9)15-13(18)12(17)11-5-4-6-19-11/h4-8,10H,3H2,1-2H3,(H,15,18)/t10-/m1/s1. The lowest BCUT2D eigenvalue weighted by atomic mass is 10.1. The minimum absolute atomic E-state index is 0.0403. The largest absolute Gasteiger partial charge is 0.461 e. The van der Waals surface area contributed by atoms with Crippen LogP contribution in [0.15, 0.2) is 35.2 Å². The predicted octanol–water partition coefficient (Wildman–Crippen LogP) is 1.46. The summed E-state index contributed by atoms with van der Waals surface area (Å²) in [6, 6.07) is 2.80. The molecule has 2 rings (SSSR count). The number of nitrogens with zero attached hydrogens (tertiary/aromatic N) is 2. The molecule has 2 aromatic rings. The van der Waals surface area contributed by atoms with Gasteiger partial charge in [0.15, 0.2) is 5.76 Å². The van der Waals surface area contributed by atoms with Gasteiger partial charge in [0, 0.05) is 18.8 Å². The van der Waals surface area contributed by atoms with Crippen LogP contribution in [0.3, 0.4) is 0 Å². The zero-order chi connectivity index (χ0) is 13.8. The number of aromatic nitrogens is 2. The van der Waals surface area contributed by atoms with Gasteiger partial charge < -0.3 is 9.73 Å². The summed E-state index contributed by atoms with van der Waals surface area (Å²) in [6.45, 7) is 1.93. The molecule has 0 aliphatic heterocycles. The first-order valence-corrected chi connectivity index (χ1v) is 5.99. The van der Waals surface area contributed by atoms with Crippen LogP contribution < -0.4 is 5.32 Å². The highest BCUT2D eigenvalue weighted by molar-refractivity contribution is 6.42. The highest BCUT2D eigenvalue weighted by Crippen LogP contribution is 2.15. The average molecular weight is 261 g/mol. The van der Waals surface area contributed by atoms with Gasteiger partial charge in [-0.3, -0.25) is 14.3 Å². The molecule has 1 N–H and O–H groups in total. The Bertz CT molecular complexity index is 572.